The van der Waals surface area contributed by atoms with E-state index in [1.165, 1.54) is 13.1 Å². The number of fused-ring (bicyclic) bond motifs is 2. The Hall–Kier alpha value is -3.65. The van der Waals surface area contributed by atoms with Gasteiger partial charge in [0.25, 0.3) is 5.91 Å². The highest BCUT2D eigenvalue weighted by atomic mass is 35.5. The number of likely N-dealkylation sites (tertiary alicyclic amines) is 1. The van der Waals surface area contributed by atoms with Gasteiger partial charge in [-0.05, 0) is 75.6 Å². The van der Waals surface area contributed by atoms with Crippen LogP contribution in [-0.4, -0.2) is 42.1 Å². The van der Waals surface area contributed by atoms with Gasteiger partial charge in [0, 0.05) is 42.8 Å². The third kappa shape index (κ3) is 4.93. The number of hydrogen-bond acceptors (Lipinski definition) is 4. The summed E-state index contributed by atoms with van der Waals surface area (Å²) < 4.78 is 44.6. The van der Waals surface area contributed by atoms with Gasteiger partial charge < -0.3 is 19.7 Å². The van der Waals surface area contributed by atoms with Gasteiger partial charge in [-0.3, -0.25) is 4.79 Å². The zero-order chi connectivity index (χ0) is 30.7. The van der Waals surface area contributed by atoms with Crippen molar-refractivity contribution in [3.8, 4) is 16.9 Å². The van der Waals surface area contributed by atoms with E-state index in [4.69, 9.17) is 21.1 Å². The lowest BCUT2D eigenvalue weighted by Gasteiger charge is -2.40. The third-order valence-corrected chi connectivity index (χ3v) is 9.12. The smallest absolute Gasteiger partial charge is 0.410 e. The molecule has 2 heterocycles. The molecule has 0 unspecified atom stereocenters. The minimum absolute atomic E-state index is 0.0244. The van der Waals surface area contributed by atoms with Gasteiger partial charge in [0.15, 0.2) is 5.60 Å². The van der Waals surface area contributed by atoms with Gasteiger partial charge in [0.2, 0.25) is 0 Å². The summed E-state index contributed by atoms with van der Waals surface area (Å²) in [6.07, 6.45) is 3.00. The number of amides is 2. The Morgan fingerprint density at radius 3 is 2.51 bits per heavy atom. The van der Waals surface area contributed by atoms with E-state index in [-0.39, 0.29) is 33.9 Å². The van der Waals surface area contributed by atoms with Crippen molar-refractivity contribution >= 4 is 23.6 Å². The number of halogens is 3. The summed E-state index contributed by atoms with van der Waals surface area (Å²) in [5.74, 6) is -1.62. The van der Waals surface area contributed by atoms with Gasteiger partial charge in [-0.2, -0.15) is 0 Å². The van der Waals surface area contributed by atoms with Gasteiger partial charge in [-0.1, -0.05) is 41.9 Å². The molecule has 2 amide bonds. The lowest BCUT2D eigenvalue weighted by Crippen LogP contribution is -2.53. The second kappa shape index (κ2) is 10.8. The first-order chi connectivity index (χ1) is 20.4. The molecule has 1 saturated heterocycles. The van der Waals surface area contributed by atoms with E-state index >= 15 is 8.78 Å². The summed E-state index contributed by atoms with van der Waals surface area (Å²) in [6, 6.07) is 12.0. The molecule has 2 aliphatic heterocycles. The number of carbonyl (C=O) groups excluding carboxylic acids is 2. The summed E-state index contributed by atoms with van der Waals surface area (Å²) in [6.45, 7) is 5.92. The first-order valence-corrected chi connectivity index (χ1v) is 15.1. The standard InChI is InChI=1S/C34H35ClF2N2O4/c1-33(2,3)43-32(41)39-15-9-14-26(39)34(20-11-6-5-7-12-20)18-23-25(42-34)17-24(36)29(35)27(23)28-22(31(40)38-4)16-19-10-8-13-21(19)30(28)37/h5-7,11-12,16-17,26H,8-10,13-15,18H2,1-4H3,(H,38,40)/t26-,34-/m0/s1. The molecule has 43 heavy (non-hydrogen) atoms. The molecule has 0 saturated carbocycles. The Morgan fingerprint density at radius 2 is 1.81 bits per heavy atom. The van der Waals surface area contributed by atoms with Crippen LogP contribution in [0.4, 0.5) is 13.6 Å². The maximum absolute atomic E-state index is 16.5. The number of hydrogen-bond donors (Lipinski definition) is 1. The largest absolute Gasteiger partial charge is 0.480 e. The molecule has 3 aliphatic rings. The van der Waals surface area contributed by atoms with Gasteiger partial charge in [-0.15, -0.1) is 0 Å². The zero-order valence-corrected chi connectivity index (χ0v) is 25.5. The molecule has 0 spiro atoms. The first-order valence-electron chi connectivity index (χ1n) is 14.8. The summed E-state index contributed by atoms with van der Waals surface area (Å²) in [5.41, 5.74) is 0.936. The molecule has 1 N–H and O–H groups in total. The number of nitrogens with one attached hydrogen (secondary N) is 1. The monoisotopic (exact) mass is 608 g/mol. The highest BCUT2D eigenvalue weighted by Gasteiger charge is 2.54. The van der Waals surface area contributed by atoms with Crippen LogP contribution >= 0.6 is 11.6 Å². The van der Waals surface area contributed by atoms with Crippen LogP contribution in [0.2, 0.25) is 5.02 Å². The molecular weight excluding hydrogens is 574 g/mol. The molecule has 0 radical (unpaired) electrons. The SMILES string of the molecule is CNC(=O)c1cc2c(c(F)c1-c1c(Cl)c(F)cc3c1C[C@](c1ccccc1)([C@@H]1CCCN1C(=O)OC(C)(C)C)O3)CCC2. The van der Waals surface area contributed by atoms with Gasteiger partial charge in [0.1, 0.15) is 23.0 Å². The zero-order valence-electron chi connectivity index (χ0n) is 24.8. The minimum Gasteiger partial charge on any atom is -0.480 e. The van der Waals surface area contributed by atoms with Crippen LogP contribution < -0.4 is 10.1 Å². The average molecular weight is 609 g/mol. The minimum atomic E-state index is -1.14. The van der Waals surface area contributed by atoms with Gasteiger partial charge >= 0.3 is 6.09 Å². The summed E-state index contributed by atoms with van der Waals surface area (Å²) in [5, 5.41) is 2.33. The summed E-state index contributed by atoms with van der Waals surface area (Å²) >= 11 is 6.69. The highest BCUT2D eigenvalue weighted by Crippen LogP contribution is 2.53. The quantitative estimate of drug-likeness (QED) is 0.336. The Labute approximate surface area is 255 Å². The predicted molar refractivity (Wildman–Crippen MR) is 161 cm³/mol. The highest BCUT2D eigenvalue weighted by molar-refractivity contribution is 6.34. The molecule has 0 bridgehead atoms. The lowest BCUT2D eigenvalue weighted by atomic mass is 9.79. The van der Waals surface area contributed by atoms with Gasteiger partial charge in [0.05, 0.1) is 16.6 Å². The van der Waals surface area contributed by atoms with Crippen molar-refractivity contribution in [2.75, 3.05) is 13.6 Å². The number of carbonyl (C=O) groups is 2. The second-order valence-corrected chi connectivity index (χ2v) is 13.0. The number of ether oxygens (including phenoxy) is 2. The number of rotatable bonds is 4. The number of aryl methyl sites for hydroxylation is 1. The molecule has 6 nitrogen and oxygen atoms in total. The maximum Gasteiger partial charge on any atom is 0.410 e. The third-order valence-electron chi connectivity index (χ3n) is 8.75. The summed E-state index contributed by atoms with van der Waals surface area (Å²) in [7, 11) is 1.48. The van der Waals surface area contributed by atoms with E-state index in [0.29, 0.717) is 36.9 Å². The van der Waals surface area contributed by atoms with Crippen molar-refractivity contribution in [1.29, 1.82) is 0 Å². The van der Waals surface area contributed by atoms with Crippen molar-refractivity contribution < 1.29 is 27.8 Å². The van der Waals surface area contributed by atoms with E-state index in [2.05, 4.69) is 5.32 Å². The molecule has 3 aromatic rings. The Balaban J connectivity index is 1.56. The maximum atomic E-state index is 16.5. The fourth-order valence-corrected chi connectivity index (χ4v) is 7.23. The van der Waals surface area contributed by atoms with E-state index in [0.717, 1.165) is 24.0 Å². The number of benzene rings is 3. The molecular formula is C34H35ClF2N2O4. The van der Waals surface area contributed by atoms with Crippen LogP contribution in [0.25, 0.3) is 11.1 Å². The van der Waals surface area contributed by atoms with Crippen LogP contribution in [0.1, 0.15) is 72.6 Å². The Bertz CT molecular complexity index is 1620. The predicted octanol–water partition coefficient (Wildman–Crippen LogP) is 7.36. The summed E-state index contributed by atoms with van der Waals surface area (Å²) in [4.78, 5) is 28.3. The van der Waals surface area contributed by atoms with E-state index in [9.17, 15) is 9.59 Å². The molecule has 2 atom stereocenters. The van der Waals surface area contributed by atoms with E-state index in [1.54, 1.807) is 11.0 Å². The van der Waals surface area contributed by atoms with Crippen LogP contribution in [-0.2, 0) is 29.6 Å². The first kappa shape index (κ1) is 29.4. The van der Waals surface area contributed by atoms with Crippen molar-refractivity contribution in [3.05, 3.63) is 86.9 Å². The average Bonchev–Trinajstić information content (AvgIpc) is 3.72. The van der Waals surface area contributed by atoms with Crippen molar-refractivity contribution in [2.45, 2.75) is 76.5 Å². The second-order valence-electron chi connectivity index (χ2n) is 12.6. The van der Waals surface area contributed by atoms with Crippen LogP contribution in [0, 0.1) is 11.6 Å². The molecule has 9 heteroatoms. The molecule has 1 aliphatic carbocycles. The number of nitrogens with zero attached hydrogens (tertiary/aromatic N) is 1. The lowest BCUT2D eigenvalue weighted by molar-refractivity contribution is -0.0216. The molecule has 1 fully saturated rings. The fraction of sp³-hybridized carbons (Fsp3) is 0.412. The molecule has 3 aromatic carbocycles. The van der Waals surface area contributed by atoms with E-state index < -0.39 is 40.9 Å². The normalized spacial score (nSPS) is 20.9. The topological polar surface area (TPSA) is 67.9 Å². The van der Waals surface area contributed by atoms with Crippen LogP contribution in [0.15, 0.2) is 42.5 Å². The van der Waals surface area contributed by atoms with Gasteiger partial charge in [-0.25, -0.2) is 13.6 Å². The fourth-order valence-electron chi connectivity index (χ4n) is 6.96. The van der Waals surface area contributed by atoms with Crippen molar-refractivity contribution in [3.63, 3.8) is 0 Å². The Kier molecular flexibility index (Phi) is 7.40. The van der Waals surface area contributed by atoms with Crippen LogP contribution in [0.3, 0.4) is 0 Å². The van der Waals surface area contributed by atoms with Crippen molar-refractivity contribution in [2.24, 2.45) is 0 Å². The Morgan fingerprint density at radius 1 is 1.07 bits per heavy atom. The van der Waals surface area contributed by atoms with Crippen LogP contribution in [0.5, 0.6) is 5.75 Å². The van der Waals surface area contributed by atoms with Crippen molar-refractivity contribution in [1.82, 2.24) is 10.2 Å². The molecule has 226 valence electrons. The van der Waals surface area contributed by atoms with E-state index in [1.807, 2.05) is 51.1 Å². The molecule has 0 aromatic heterocycles. The molecule has 6 rings (SSSR count).